The van der Waals surface area contributed by atoms with Crippen molar-refractivity contribution in [2.24, 2.45) is 0 Å². The highest BCUT2D eigenvalue weighted by Gasteiger charge is 2.59. The van der Waals surface area contributed by atoms with Crippen LogP contribution in [-0.4, -0.2) is 44.2 Å². The number of H-pyrrole nitrogens is 1. The summed E-state index contributed by atoms with van der Waals surface area (Å²) in [6, 6.07) is 2.92. The van der Waals surface area contributed by atoms with Gasteiger partial charge in [0.25, 0.3) is 5.41 Å². The molecule has 0 saturated heterocycles. The van der Waals surface area contributed by atoms with E-state index in [-0.39, 0.29) is 5.69 Å². The lowest BCUT2D eigenvalue weighted by Gasteiger charge is -2.24. The summed E-state index contributed by atoms with van der Waals surface area (Å²) in [5.74, 6) is -3.24. The molecule has 1 aromatic rings. The maximum atomic E-state index is 11.9. The number of esters is 3. The Bertz CT molecular complexity index is 409. The molecule has 0 aliphatic carbocycles. The predicted octanol–water partition coefficient (Wildman–Crippen LogP) is -0.229. The lowest BCUT2D eigenvalue weighted by atomic mass is 9.84. The zero-order valence-corrected chi connectivity index (χ0v) is 10.2. The third-order valence-corrected chi connectivity index (χ3v) is 2.48. The Kier molecular flexibility index (Phi) is 4.09. The number of nitrogens with one attached hydrogen (secondary N) is 1. The molecule has 0 radical (unpaired) electrons. The summed E-state index contributed by atoms with van der Waals surface area (Å²) in [6.45, 7) is 0. The highest BCUT2D eigenvalue weighted by atomic mass is 16.6. The maximum Gasteiger partial charge on any atom is 0.341 e. The van der Waals surface area contributed by atoms with Gasteiger partial charge in [-0.1, -0.05) is 0 Å². The number of rotatable bonds is 4. The number of methoxy groups -OCH3 is 3. The van der Waals surface area contributed by atoms with Crippen LogP contribution in [0, 0.1) is 0 Å². The lowest BCUT2D eigenvalue weighted by Crippen LogP contribution is -2.52. The van der Waals surface area contributed by atoms with Crippen molar-refractivity contribution in [3.05, 3.63) is 24.0 Å². The van der Waals surface area contributed by atoms with Gasteiger partial charge >= 0.3 is 17.9 Å². The summed E-state index contributed by atoms with van der Waals surface area (Å²) in [5.41, 5.74) is -2.27. The fourth-order valence-electron chi connectivity index (χ4n) is 1.60. The normalized spacial score (nSPS) is 10.6. The molecule has 1 rings (SSSR count). The molecule has 18 heavy (non-hydrogen) atoms. The molecule has 0 spiro atoms. The van der Waals surface area contributed by atoms with E-state index in [1.165, 1.54) is 18.3 Å². The Hall–Kier alpha value is -2.31. The SMILES string of the molecule is COC(=O)C(C(=O)OC)(C(=O)OC)c1ccc[nH]1. The molecule has 0 amide bonds. The van der Waals surface area contributed by atoms with E-state index >= 15 is 0 Å². The van der Waals surface area contributed by atoms with Crippen LogP contribution < -0.4 is 0 Å². The number of hydrogen-bond donors (Lipinski definition) is 1. The largest absolute Gasteiger partial charge is 0.467 e. The zero-order chi connectivity index (χ0) is 13.8. The lowest BCUT2D eigenvalue weighted by molar-refractivity contribution is -0.172. The predicted molar refractivity (Wildman–Crippen MR) is 58.5 cm³/mol. The average molecular weight is 255 g/mol. The second-order valence-corrected chi connectivity index (χ2v) is 3.31. The highest BCUT2D eigenvalue weighted by molar-refractivity contribution is 6.23. The van der Waals surface area contributed by atoms with Crippen molar-refractivity contribution in [1.29, 1.82) is 0 Å². The van der Waals surface area contributed by atoms with Crippen molar-refractivity contribution in [3.8, 4) is 0 Å². The van der Waals surface area contributed by atoms with Crippen LogP contribution in [0.2, 0.25) is 0 Å². The molecule has 0 bridgehead atoms. The molecule has 98 valence electrons. The number of carbonyl (C=O) groups excluding carboxylic acids is 3. The van der Waals surface area contributed by atoms with Gasteiger partial charge in [0, 0.05) is 6.20 Å². The van der Waals surface area contributed by atoms with Gasteiger partial charge in [-0.05, 0) is 12.1 Å². The van der Waals surface area contributed by atoms with Crippen molar-refractivity contribution >= 4 is 17.9 Å². The maximum absolute atomic E-state index is 11.9. The van der Waals surface area contributed by atoms with Gasteiger partial charge in [-0.15, -0.1) is 0 Å². The molecule has 0 unspecified atom stereocenters. The Morgan fingerprint density at radius 3 is 1.72 bits per heavy atom. The summed E-state index contributed by atoms with van der Waals surface area (Å²) >= 11 is 0. The van der Waals surface area contributed by atoms with Crippen molar-refractivity contribution in [3.63, 3.8) is 0 Å². The third kappa shape index (κ3) is 1.83. The quantitative estimate of drug-likeness (QED) is 0.453. The van der Waals surface area contributed by atoms with E-state index in [0.717, 1.165) is 21.3 Å². The van der Waals surface area contributed by atoms with E-state index in [1.54, 1.807) is 0 Å². The van der Waals surface area contributed by atoms with E-state index in [0.29, 0.717) is 0 Å². The van der Waals surface area contributed by atoms with Gasteiger partial charge in [0.05, 0.1) is 27.0 Å². The molecule has 1 aromatic heterocycles. The smallest absolute Gasteiger partial charge is 0.341 e. The average Bonchev–Trinajstić information content (AvgIpc) is 2.92. The molecule has 0 aliphatic heterocycles. The van der Waals surface area contributed by atoms with Gasteiger partial charge in [0.2, 0.25) is 0 Å². The topological polar surface area (TPSA) is 94.7 Å². The zero-order valence-electron chi connectivity index (χ0n) is 10.2. The Labute approximate surface area is 103 Å². The Morgan fingerprint density at radius 1 is 1.00 bits per heavy atom. The molecule has 0 aliphatic rings. The van der Waals surface area contributed by atoms with E-state index in [9.17, 15) is 14.4 Å². The van der Waals surface area contributed by atoms with Gasteiger partial charge in [-0.2, -0.15) is 0 Å². The first kappa shape index (κ1) is 13.8. The Balaban J connectivity index is 3.50. The monoisotopic (exact) mass is 255 g/mol. The number of aromatic nitrogens is 1. The summed E-state index contributed by atoms with van der Waals surface area (Å²) < 4.78 is 13.6. The molecule has 0 saturated carbocycles. The molecule has 1 heterocycles. The number of hydrogen-bond acceptors (Lipinski definition) is 6. The second-order valence-electron chi connectivity index (χ2n) is 3.31. The van der Waals surface area contributed by atoms with Crippen molar-refractivity contribution in [1.82, 2.24) is 4.98 Å². The van der Waals surface area contributed by atoms with Crippen LogP contribution in [0.15, 0.2) is 18.3 Å². The standard InChI is InChI=1S/C11H13NO6/c1-16-8(13)11(9(14)17-2,10(15)18-3)7-5-4-6-12-7/h4-6,12H,1-3H3. The van der Waals surface area contributed by atoms with Crippen LogP contribution in [0.4, 0.5) is 0 Å². The summed E-state index contributed by atoms with van der Waals surface area (Å²) in [6.07, 6.45) is 1.46. The Morgan fingerprint density at radius 2 is 1.44 bits per heavy atom. The first-order valence-electron chi connectivity index (χ1n) is 4.94. The van der Waals surface area contributed by atoms with Gasteiger partial charge in [0.1, 0.15) is 0 Å². The van der Waals surface area contributed by atoms with Crippen LogP contribution in [-0.2, 0) is 34.0 Å². The van der Waals surface area contributed by atoms with Crippen LogP contribution in [0.5, 0.6) is 0 Å². The minimum Gasteiger partial charge on any atom is -0.467 e. The molecular weight excluding hydrogens is 242 g/mol. The van der Waals surface area contributed by atoms with Crippen molar-refractivity contribution < 1.29 is 28.6 Å². The van der Waals surface area contributed by atoms with E-state index in [2.05, 4.69) is 19.2 Å². The number of aromatic amines is 1. The van der Waals surface area contributed by atoms with Crippen LogP contribution in [0.3, 0.4) is 0 Å². The minimum atomic E-state index is -2.29. The molecule has 7 heteroatoms. The van der Waals surface area contributed by atoms with E-state index in [4.69, 9.17) is 0 Å². The van der Waals surface area contributed by atoms with Gasteiger partial charge in [0.15, 0.2) is 0 Å². The molecule has 0 aromatic carbocycles. The van der Waals surface area contributed by atoms with Gasteiger partial charge < -0.3 is 19.2 Å². The first-order chi connectivity index (χ1) is 8.55. The number of carbonyl (C=O) groups is 3. The summed E-state index contributed by atoms with van der Waals surface area (Å²) in [5, 5.41) is 0. The number of ether oxygens (including phenoxy) is 3. The molecule has 1 N–H and O–H groups in total. The molecule has 0 fully saturated rings. The van der Waals surface area contributed by atoms with Crippen molar-refractivity contribution in [2.45, 2.75) is 5.41 Å². The van der Waals surface area contributed by atoms with Crippen molar-refractivity contribution in [2.75, 3.05) is 21.3 Å². The van der Waals surface area contributed by atoms with Crippen LogP contribution in [0.25, 0.3) is 0 Å². The highest BCUT2D eigenvalue weighted by Crippen LogP contribution is 2.28. The van der Waals surface area contributed by atoms with Crippen LogP contribution >= 0.6 is 0 Å². The second kappa shape index (κ2) is 5.35. The molecule has 7 nitrogen and oxygen atoms in total. The van der Waals surface area contributed by atoms with E-state index < -0.39 is 23.3 Å². The fourth-order valence-corrected chi connectivity index (χ4v) is 1.60. The van der Waals surface area contributed by atoms with Crippen LogP contribution in [0.1, 0.15) is 5.69 Å². The van der Waals surface area contributed by atoms with E-state index in [1.807, 2.05) is 0 Å². The summed E-state index contributed by atoms with van der Waals surface area (Å²) in [7, 11) is 3.18. The van der Waals surface area contributed by atoms with Gasteiger partial charge in [-0.3, -0.25) is 0 Å². The minimum absolute atomic E-state index is 0.0213. The fraction of sp³-hybridized carbons (Fsp3) is 0.364. The first-order valence-corrected chi connectivity index (χ1v) is 4.94. The third-order valence-electron chi connectivity index (χ3n) is 2.48. The molecule has 0 atom stereocenters. The molecular formula is C11H13NO6. The summed E-state index contributed by atoms with van der Waals surface area (Å²) in [4.78, 5) is 38.3. The van der Waals surface area contributed by atoms with Gasteiger partial charge in [-0.25, -0.2) is 14.4 Å².